The van der Waals surface area contributed by atoms with Gasteiger partial charge in [-0.2, -0.15) is 0 Å². The van der Waals surface area contributed by atoms with Crippen molar-refractivity contribution in [3.8, 4) is 72.4 Å². The average molecular weight is 1000 g/mol. The molecule has 0 radical (unpaired) electrons. The van der Waals surface area contributed by atoms with Crippen LogP contribution in [-0.2, 0) is 5.41 Å². The van der Waals surface area contributed by atoms with Crippen molar-refractivity contribution in [2.75, 3.05) is 4.90 Å². The normalized spacial score (nSPS) is 12.7. The molecule has 368 valence electrons. The SMILES string of the molecule is c1ccc(-c2ccc(-n3c4ccccc4c4cc(-c5ccc(-c6ccc(N(c7ccc8c(c7)C7(c9ccccc9-c9ccccc97)c7ccccc7-8)c7ccc(-c8ccccc8)c8ccccc78)cc6)cc5)ccc43)cc2)cc1. The van der Waals surface area contributed by atoms with Gasteiger partial charge in [-0.3, -0.25) is 0 Å². The Morgan fingerprint density at radius 3 is 1.30 bits per heavy atom. The molecule has 0 saturated carbocycles. The van der Waals surface area contributed by atoms with E-state index in [9.17, 15) is 0 Å². The number of benzene rings is 13. The van der Waals surface area contributed by atoms with E-state index in [1.807, 2.05) is 0 Å². The molecule has 0 aliphatic heterocycles. The van der Waals surface area contributed by atoms with Crippen LogP contribution in [0.1, 0.15) is 22.3 Å². The van der Waals surface area contributed by atoms with Gasteiger partial charge in [0.25, 0.3) is 0 Å². The van der Waals surface area contributed by atoms with Gasteiger partial charge in [-0.1, -0.05) is 243 Å². The Morgan fingerprint density at radius 1 is 0.241 bits per heavy atom. The summed E-state index contributed by atoms with van der Waals surface area (Å²) in [5.74, 6) is 0. The van der Waals surface area contributed by atoms with Crippen molar-refractivity contribution in [1.29, 1.82) is 0 Å². The van der Waals surface area contributed by atoms with E-state index in [1.165, 1.54) is 122 Å². The van der Waals surface area contributed by atoms with Crippen LogP contribution < -0.4 is 4.90 Å². The molecule has 0 unspecified atom stereocenters. The fraction of sp³-hybridized carbons (Fsp3) is 0.0130. The lowest BCUT2D eigenvalue weighted by atomic mass is 9.70. The summed E-state index contributed by atoms with van der Waals surface area (Å²) >= 11 is 0. The molecule has 0 atom stereocenters. The predicted octanol–water partition coefficient (Wildman–Crippen LogP) is 20.4. The monoisotopic (exact) mass is 1000 g/mol. The van der Waals surface area contributed by atoms with Gasteiger partial charge in [0.15, 0.2) is 0 Å². The number of anilines is 3. The van der Waals surface area contributed by atoms with Gasteiger partial charge in [0, 0.05) is 33.2 Å². The minimum absolute atomic E-state index is 0.462. The molecule has 2 heteroatoms. The van der Waals surface area contributed by atoms with Crippen molar-refractivity contribution in [1.82, 2.24) is 4.57 Å². The maximum absolute atomic E-state index is 2.50. The summed E-state index contributed by atoms with van der Waals surface area (Å²) in [7, 11) is 0. The molecule has 0 saturated heterocycles. The number of nitrogens with zero attached hydrogens (tertiary/aromatic N) is 2. The first-order chi connectivity index (χ1) is 39.2. The molecule has 0 fully saturated rings. The van der Waals surface area contributed by atoms with Crippen LogP contribution in [0.4, 0.5) is 17.1 Å². The highest BCUT2D eigenvalue weighted by Crippen LogP contribution is 2.63. The summed E-state index contributed by atoms with van der Waals surface area (Å²) in [4.78, 5) is 2.49. The fourth-order valence-electron chi connectivity index (χ4n) is 13.5. The van der Waals surface area contributed by atoms with Gasteiger partial charge in [-0.05, 0) is 155 Å². The lowest BCUT2D eigenvalue weighted by Gasteiger charge is -2.32. The van der Waals surface area contributed by atoms with E-state index in [2.05, 4.69) is 313 Å². The minimum atomic E-state index is -0.462. The molecule has 14 aromatic rings. The smallest absolute Gasteiger partial charge is 0.0726 e. The topological polar surface area (TPSA) is 8.17 Å². The van der Waals surface area contributed by atoms with Crippen molar-refractivity contribution >= 4 is 49.6 Å². The summed E-state index contributed by atoms with van der Waals surface area (Å²) in [6, 6.07) is 112. The third-order valence-corrected chi connectivity index (χ3v) is 17.0. The lowest BCUT2D eigenvalue weighted by Crippen LogP contribution is -2.26. The molecule has 1 spiro atoms. The first-order valence-electron chi connectivity index (χ1n) is 27.4. The fourth-order valence-corrected chi connectivity index (χ4v) is 13.5. The Balaban J connectivity index is 0.791. The van der Waals surface area contributed by atoms with Gasteiger partial charge >= 0.3 is 0 Å². The van der Waals surface area contributed by atoms with Gasteiger partial charge in [-0.25, -0.2) is 0 Å². The van der Waals surface area contributed by atoms with Crippen molar-refractivity contribution in [2.24, 2.45) is 0 Å². The van der Waals surface area contributed by atoms with Crippen molar-refractivity contribution in [2.45, 2.75) is 5.41 Å². The van der Waals surface area contributed by atoms with Crippen molar-refractivity contribution < 1.29 is 0 Å². The molecule has 2 nitrogen and oxygen atoms in total. The molecule has 2 aliphatic rings. The maximum Gasteiger partial charge on any atom is 0.0726 e. The second kappa shape index (κ2) is 17.9. The van der Waals surface area contributed by atoms with Crippen LogP contribution in [0.2, 0.25) is 0 Å². The van der Waals surface area contributed by atoms with Crippen LogP contribution in [0.3, 0.4) is 0 Å². The first kappa shape index (κ1) is 45.0. The zero-order valence-corrected chi connectivity index (χ0v) is 43.3. The third kappa shape index (κ3) is 6.91. The molecule has 2 aliphatic carbocycles. The standard InChI is InChI=1S/C77H50N2/c1-3-17-51(18-4-1)53-37-42-59(43-38-53)79-74-30-16-12-26-68(74)69-49-57(39-47-76(69)79)55-33-31-52(32-34-55)54-35-40-58(41-36-54)78(75-48-46-61(56-19-5-2-6-20-56)62-21-7-8-25-67(62)75)60-44-45-66-65-24-11-15-29-72(65)77(73(66)50-60)70-27-13-9-22-63(70)64-23-10-14-28-71(64)77/h1-50H. The molecule has 1 heterocycles. The quantitative estimate of drug-likeness (QED) is 0.147. The molecule has 1 aromatic heterocycles. The number of fused-ring (bicyclic) bond motifs is 14. The van der Waals surface area contributed by atoms with Crippen LogP contribution in [0.15, 0.2) is 303 Å². The highest BCUT2D eigenvalue weighted by atomic mass is 15.1. The lowest BCUT2D eigenvalue weighted by molar-refractivity contribution is 0.793. The molecule has 13 aromatic carbocycles. The molecule has 16 rings (SSSR count). The van der Waals surface area contributed by atoms with E-state index in [1.54, 1.807) is 0 Å². The van der Waals surface area contributed by atoms with Gasteiger partial charge in [0.2, 0.25) is 0 Å². The van der Waals surface area contributed by atoms with E-state index < -0.39 is 5.41 Å². The molecule has 0 amide bonds. The van der Waals surface area contributed by atoms with E-state index in [-0.39, 0.29) is 0 Å². The Labute approximate surface area is 460 Å². The summed E-state index contributed by atoms with van der Waals surface area (Å²) in [5, 5.41) is 4.90. The Hall–Kier alpha value is -10.3. The molecule has 0 bridgehead atoms. The van der Waals surface area contributed by atoms with Crippen LogP contribution in [0.5, 0.6) is 0 Å². The number of para-hydroxylation sites is 1. The van der Waals surface area contributed by atoms with E-state index in [0.29, 0.717) is 0 Å². The predicted molar refractivity (Wildman–Crippen MR) is 331 cm³/mol. The van der Waals surface area contributed by atoms with Gasteiger partial charge in [0.1, 0.15) is 0 Å². The number of aromatic nitrogens is 1. The highest BCUT2D eigenvalue weighted by molar-refractivity contribution is 6.11. The van der Waals surface area contributed by atoms with Crippen molar-refractivity contribution in [3.63, 3.8) is 0 Å². The highest BCUT2D eigenvalue weighted by Gasteiger charge is 2.51. The number of rotatable bonds is 8. The van der Waals surface area contributed by atoms with E-state index in [0.717, 1.165) is 22.7 Å². The van der Waals surface area contributed by atoms with E-state index in [4.69, 9.17) is 0 Å². The average Bonchev–Trinajstić information content (AvgIpc) is 3.16. The van der Waals surface area contributed by atoms with Crippen LogP contribution in [0.25, 0.3) is 105 Å². The second-order valence-corrected chi connectivity index (χ2v) is 21.1. The summed E-state index contributed by atoms with van der Waals surface area (Å²) in [6.07, 6.45) is 0. The Morgan fingerprint density at radius 2 is 0.671 bits per heavy atom. The third-order valence-electron chi connectivity index (χ3n) is 17.0. The zero-order valence-electron chi connectivity index (χ0n) is 43.3. The maximum atomic E-state index is 2.50. The summed E-state index contributed by atoms with van der Waals surface area (Å²) in [6.45, 7) is 0. The Bertz CT molecular complexity index is 4620. The summed E-state index contributed by atoms with van der Waals surface area (Å²) in [5.41, 5.74) is 26.5. The first-order valence-corrected chi connectivity index (χ1v) is 27.4. The van der Waals surface area contributed by atoms with Gasteiger partial charge < -0.3 is 9.47 Å². The zero-order chi connectivity index (χ0) is 52.0. The largest absolute Gasteiger partial charge is 0.310 e. The van der Waals surface area contributed by atoms with E-state index >= 15 is 0 Å². The van der Waals surface area contributed by atoms with Gasteiger partial charge in [-0.15, -0.1) is 0 Å². The van der Waals surface area contributed by atoms with Crippen LogP contribution in [-0.4, -0.2) is 4.57 Å². The molecular formula is C77H50N2. The minimum Gasteiger partial charge on any atom is -0.310 e. The van der Waals surface area contributed by atoms with Crippen LogP contribution >= 0.6 is 0 Å². The molecule has 0 N–H and O–H groups in total. The number of hydrogen-bond acceptors (Lipinski definition) is 1. The molecular weight excluding hydrogens is 953 g/mol. The van der Waals surface area contributed by atoms with Crippen LogP contribution in [0, 0.1) is 0 Å². The van der Waals surface area contributed by atoms with Crippen molar-refractivity contribution in [3.05, 3.63) is 326 Å². The second-order valence-electron chi connectivity index (χ2n) is 21.1. The molecule has 79 heavy (non-hydrogen) atoms. The number of hydrogen-bond donors (Lipinski definition) is 0. The summed E-state index contributed by atoms with van der Waals surface area (Å²) < 4.78 is 2.40. The Kier molecular flexibility index (Phi) is 10.2. The van der Waals surface area contributed by atoms with Gasteiger partial charge in [0.05, 0.1) is 22.1 Å².